The first-order valence-electron chi connectivity index (χ1n) is 30.5. The lowest BCUT2D eigenvalue weighted by Gasteiger charge is -2.29. The molecule has 1 aliphatic heterocycles. The Morgan fingerprint density at radius 2 is 0.772 bits per heavy atom. The molecule has 11 N–H and O–H groups in total. The van der Waals surface area contributed by atoms with E-state index >= 15 is 0 Å². The number of pyridine rings is 4. The van der Waals surface area contributed by atoms with Crippen molar-refractivity contribution in [2.75, 3.05) is 56.5 Å². The number of piperidine rings is 1. The summed E-state index contributed by atoms with van der Waals surface area (Å²) in [7, 11) is 0. The Bertz CT molecular complexity index is 4750. The van der Waals surface area contributed by atoms with Crippen LogP contribution in [0, 0.1) is 12.0 Å². The van der Waals surface area contributed by atoms with Gasteiger partial charge in [-0.25, -0.2) is 24.8 Å². The fourth-order valence-electron chi connectivity index (χ4n) is 9.22. The molecule has 21 nitrogen and oxygen atoms in total. The SMILES string of the molecule is C=Cc1ccc(NC(=O)c2cc(Cl)ccc2N)nc1.C=Cc1ccc(NC(=O)c2cc(Cl)ccc2NC(=O)c2ccc(C(=N)N3CCCCC3)cc2)nc1.Nc1ccc(Cl)cc1C(=O)Nc1ccc(Br)cn1.[C-]#[N+]c1ccc(C(=O)Nc2ccc(Cl)cc2C(=O)Nc2ccc(C=C)cn2)cc1. The van der Waals surface area contributed by atoms with E-state index in [9.17, 15) is 28.8 Å². The highest BCUT2D eigenvalue weighted by Crippen LogP contribution is 2.27. The number of hydrogen-bond acceptors (Lipinski definition) is 13. The normalized spacial score (nSPS) is 11.1. The number of hydrogen-bond donors (Lipinski definition) is 9. The van der Waals surface area contributed by atoms with E-state index in [0.29, 0.717) is 99.9 Å². The van der Waals surface area contributed by atoms with Gasteiger partial charge >= 0.3 is 0 Å². The Balaban J connectivity index is 0.000000177. The van der Waals surface area contributed by atoms with E-state index in [1.165, 1.54) is 30.7 Å². The lowest BCUT2D eigenvalue weighted by molar-refractivity contribution is 0.101. The minimum absolute atomic E-state index is 0.193. The van der Waals surface area contributed by atoms with Gasteiger partial charge in [0, 0.05) is 90.5 Å². The van der Waals surface area contributed by atoms with Crippen molar-refractivity contribution in [2.24, 2.45) is 0 Å². The molecule has 1 aliphatic rings. The minimum atomic E-state index is -0.468. The van der Waals surface area contributed by atoms with E-state index in [1.807, 2.05) is 0 Å². The third kappa shape index (κ3) is 22.1. The number of amidine groups is 1. The molecular formula is C75H62BrCl4N15O6. The van der Waals surface area contributed by atoms with Crippen LogP contribution in [0.3, 0.4) is 0 Å². The molecule has 0 aliphatic carbocycles. The van der Waals surface area contributed by atoms with Crippen LogP contribution in [0.5, 0.6) is 0 Å². The highest BCUT2D eigenvalue weighted by Gasteiger charge is 2.21. The van der Waals surface area contributed by atoms with Gasteiger partial charge in [-0.1, -0.05) is 121 Å². The standard InChI is InChI=1S/C27H26ClN5O2.C22H15ClN4O2.C14H12ClN3O.C12H9BrClN3O/c1-2-18-6-13-24(30-17-18)32-27(35)22-16-21(28)11-12-23(22)31-26(34)20-9-7-19(8-10-20)25(29)33-14-4-3-5-15-33;1-3-14-4-11-20(25-13-14)27-22(29)18-12-16(23)7-10-19(18)26-21(28)15-5-8-17(24-2)9-6-15;1-2-9-3-6-13(17-8-9)18-14(19)11-7-10(15)4-5-12(11)16;13-7-1-4-11(16-6-7)17-12(18)9-5-8(14)2-3-10(9)15/h2,6-13,16-17,29H,1,3-5,14-15H2,(H,31,34)(H,30,32,35);3-13H,1H2,(H,26,28)(H,25,27,29);2-8H,1,16H2,(H,17,18,19);1-6H,15H2,(H,16,17,18). The number of likely N-dealkylation sites (tertiary alicyclic amines) is 1. The second-order valence-electron chi connectivity index (χ2n) is 21.6. The molecule has 0 atom stereocenters. The summed E-state index contributed by atoms with van der Waals surface area (Å²) >= 11 is 27.1. The zero-order chi connectivity index (χ0) is 72.5. The van der Waals surface area contributed by atoms with Gasteiger partial charge in [-0.3, -0.25) is 34.2 Å². The smallest absolute Gasteiger partial charge is 0.258 e. The van der Waals surface area contributed by atoms with Crippen LogP contribution < -0.4 is 43.4 Å². The van der Waals surface area contributed by atoms with Gasteiger partial charge < -0.3 is 48.3 Å². The van der Waals surface area contributed by atoms with Crippen LogP contribution in [-0.4, -0.2) is 79.2 Å². The van der Waals surface area contributed by atoms with E-state index in [0.717, 1.165) is 52.7 Å². The molecule has 508 valence electrons. The number of benzene rings is 6. The van der Waals surface area contributed by atoms with Crippen molar-refractivity contribution in [3.63, 3.8) is 0 Å². The fourth-order valence-corrected chi connectivity index (χ4v) is 10.1. The van der Waals surface area contributed by atoms with Crippen molar-refractivity contribution in [2.45, 2.75) is 19.3 Å². The second-order valence-corrected chi connectivity index (χ2v) is 24.3. The number of nitrogens with one attached hydrogen (secondary N) is 7. The molecule has 6 amide bonds. The Hall–Kier alpha value is -11.8. The van der Waals surface area contributed by atoms with Crippen molar-refractivity contribution in [3.05, 3.63) is 306 Å². The van der Waals surface area contributed by atoms with Gasteiger partial charge in [0.05, 0.1) is 40.2 Å². The number of aromatic nitrogens is 4. The zero-order valence-corrected chi connectivity index (χ0v) is 58.2. The number of halogens is 5. The molecule has 0 saturated carbocycles. The molecule has 5 heterocycles. The third-order valence-corrected chi connectivity index (χ3v) is 16.0. The summed E-state index contributed by atoms with van der Waals surface area (Å²) in [6.45, 7) is 19.7. The molecule has 0 bridgehead atoms. The van der Waals surface area contributed by atoms with Crippen molar-refractivity contribution < 1.29 is 28.8 Å². The first kappa shape index (κ1) is 74.9. The number of rotatable bonds is 16. The molecule has 0 radical (unpaired) electrons. The summed E-state index contributed by atoms with van der Waals surface area (Å²) in [6.07, 6.45) is 14.8. The number of nitrogens with two attached hydrogens (primary N) is 2. The molecule has 1 fully saturated rings. The van der Waals surface area contributed by atoms with E-state index in [-0.39, 0.29) is 28.8 Å². The number of carbonyl (C=O) groups is 6. The van der Waals surface area contributed by atoms with Crippen LogP contribution in [0.1, 0.15) is 104 Å². The lowest BCUT2D eigenvalue weighted by Crippen LogP contribution is -2.35. The predicted octanol–water partition coefficient (Wildman–Crippen LogP) is 17.7. The monoisotopic (exact) mass is 1490 g/mol. The first-order valence-corrected chi connectivity index (χ1v) is 32.8. The quantitative estimate of drug-likeness (QED) is 0.0188. The molecule has 6 aromatic carbocycles. The predicted molar refractivity (Wildman–Crippen MR) is 409 cm³/mol. The summed E-state index contributed by atoms with van der Waals surface area (Å²) in [5, 5.41) is 26.3. The van der Waals surface area contributed by atoms with Crippen molar-refractivity contribution >= 4 is 174 Å². The molecule has 11 rings (SSSR count). The summed E-state index contributed by atoms with van der Waals surface area (Å²) in [5.41, 5.74) is 18.4. The van der Waals surface area contributed by atoms with Crippen molar-refractivity contribution in [3.8, 4) is 0 Å². The lowest BCUT2D eigenvalue weighted by atomic mass is 10.1. The van der Waals surface area contributed by atoms with E-state index in [2.05, 4.69) is 97.2 Å². The summed E-state index contributed by atoms with van der Waals surface area (Å²) < 4.78 is 0.836. The second kappa shape index (κ2) is 36.7. The molecule has 4 aromatic heterocycles. The topological polar surface area (TPSA) is 310 Å². The third-order valence-electron chi connectivity index (χ3n) is 14.6. The van der Waals surface area contributed by atoms with Crippen LogP contribution in [0.15, 0.2) is 219 Å². The number of amides is 6. The van der Waals surface area contributed by atoms with E-state index in [1.54, 1.807) is 189 Å². The molecule has 0 spiro atoms. The molecule has 1 saturated heterocycles. The highest BCUT2D eigenvalue weighted by atomic mass is 79.9. The zero-order valence-electron chi connectivity index (χ0n) is 53.5. The van der Waals surface area contributed by atoms with Crippen LogP contribution in [-0.2, 0) is 0 Å². The maximum absolute atomic E-state index is 12.9. The average molecular weight is 1490 g/mol. The molecular weight excluding hydrogens is 1430 g/mol. The van der Waals surface area contributed by atoms with Gasteiger partial charge in [-0.2, -0.15) is 0 Å². The maximum atomic E-state index is 12.9. The Morgan fingerprint density at radius 3 is 1.12 bits per heavy atom. The van der Waals surface area contributed by atoms with Gasteiger partial charge in [-0.05, 0) is 185 Å². The summed E-state index contributed by atoms with van der Waals surface area (Å²) in [5.74, 6) is -0.310. The van der Waals surface area contributed by atoms with Gasteiger partial charge in [-0.15, -0.1) is 0 Å². The van der Waals surface area contributed by atoms with Crippen LogP contribution in [0.25, 0.3) is 23.1 Å². The molecule has 0 unspecified atom stereocenters. The van der Waals surface area contributed by atoms with Gasteiger partial charge in [0.25, 0.3) is 35.4 Å². The van der Waals surface area contributed by atoms with Crippen LogP contribution in [0.2, 0.25) is 20.1 Å². The fraction of sp³-hybridized carbons (Fsp3) is 0.0667. The Kier molecular flexibility index (Phi) is 27.2. The van der Waals surface area contributed by atoms with E-state index in [4.69, 9.17) is 69.9 Å². The number of nitrogen functional groups attached to an aromatic ring is 2. The average Bonchev–Trinajstić information content (AvgIpc) is 0.855. The van der Waals surface area contributed by atoms with Gasteiger partial charge in [0.2, 0.25) is 0 Å². The van der Waals surface area contributed by atoms with Gasteiger partial charge in [0.1, 0.15) is 29.1 Å². The summed E-state index contributed by atoms with van der Waals surface area (Å²) in [4.78, 5) is 96.9. The van der Waals surface area contributed by atoms with Crippen LogP contribution in [0.4, 0.5) is 51.7 Å². The summed E-state index contributed by atoms with van der Waals surface area (Å²) in [6, 6.07) is 45.7. The highest BCUT2D eigenvalue weighted by molar-refractivity contribution is 9.10. The largest absolute Gasteiger partial charge is 0.398 e. The van der Waals surface area contributed by atoms with Crippen molar-refractivity contribution in [1.82, 2.24) is 24.8 Å². The number of anilines is 8. The molecule has 101 heavy (non-hydrogen) atoms. The van der Waals surface area contributed by atoms with Crippen LogP contribution >= 0.6 is 62.3 Å². The number of carbonyl (C=O) groups excluding carboxylic acids is 6. The van der Waals surface area contributed by atoms with Gasteiger partial charge in [0.15, 0.2) is 5.69 Å². The van der Waals surface area contributed by atoms with E-state index < -0.39 is 17.7 Å². The first-order chi connectivity index (χ1) is 48.6. The Labute approximate surface area is 610 Å². The minimum Gasteiger partial charge on any atom is -0.398 e. The molecule has 26 heteroatoms. The Morgan fingerprint density at radius 1 is 0.436 bits per heavy atom. The maximum Gasteiger partial charge on any atom is 0.258 e. The molecule has 10 aromatic rings. The van der Waals surface area contributed by atoms with Crippen molar-refractivity contribution in [1.29, 1.82) is 5.41 Å². The number of nitrogens with zero attached hydrogens (tertiary/aromatic N) is 6.